The zero-order chi connectivity index (χ0) is 22.8. The molecule has 32 heavy (non-hydrogen) atoms. The van der Waals surface area contributed by atoms with Gasteiger partial charge in [0.05, 0.1) is 29.5 Å². The number of hydrogen-bond acceptors (Lipinski definition) is 6. The van der Waals surface area contributed by atoms with Gasteiger partial charge in [0, 0.05) is 5.56 Å². The number of fused-ring (bicyclic) bond motifs is 1. The van der Waals surface area contributed by atoms with Crippen LogP contribution in [0.3, 0.4) is 0 Å². The molecular formula is C24H21FN2O4S. The van der Waals surface area contributed by atoms with Gasteiger partial charge in [-0.25, -0.2) is 14.2 Å². The fourth-order valence-electron chi connectivity index (χ4n) is 3.63. The van der Waals surface area contributed by atoms with E-state index in [1.807, 2.05) is 12.1 Å². The largest absolute Gasteiger partial charge is 0.497 e. The fraction of sp³-hybridized carbons (Fsp3) is 0.208. The maximum atomic E-state index is 14.8. The zero-order valence-corrected chi connectivity index (χ0v) is 18.6. The first-order chi connectivity index (χ1) is 15.4. The van der Waals surface area contributed by atoms with Crippen molar-refractivity contribution in [1.82, 2.24) is 4.57 Å². The molecule has 1 aromatic heterocycles. The highest BCUT2D eigenvalue weighted by atomic mass is 32.1. The van der Waals surface area contributed by atoms with E-state index in [1.54, 1.807) is 57.4 Å². The highest BCUT2D eigenvalue weighted by Crippen LogP contribution is 2.32. The van der Waals surface area contributed by atoms with Crippen LogP contribution in [0, 0.1) is 5.82 Å². The number of nitrogens with zero attached hydrogens (tertiary/aromatic N) is 2. The minimum Gasteiger partial charge on any atom is -0.497 e. The van der Waals surface area contributed by atoms with Crippen molar-refractivity contribution in [2.45, 2.75) is 19.9 Å². The molecule has 1 aliphatic rings. The van der Waals surface area contributed by atoms with Gasteiger partial charge >= 0.3 is 5.97 Å². The third-order valence-electron chi connectivity index (χ3n) is 5.13. The monoisotopic (exact) mass is 452 g/mol. The van der Waals surface area contributed by atoms with Gasteiger partial charge < -0.3 is 9.47 Å². The van der Waals surface area contributed by atoms with Gasteiger partial charge in [0.25, 0.3) is 5.56 Å². The van der Waals surface area contributed by atoms with E-state index in [2.05, 4.69) is 4.99 Å². The van der Waals surface area contributed by atoms with Crippen molar-refractivity contribution >= 4 is 23.4 Å². The van der Waals surface area contributed by atoms with Gasteiger partial charge in [-0.15, -0.1) is 0 Å². The lowest BCUT2D eigenvalue weighted by atomic mass is 9.95. The molecule has 1 aliphatic heterocycles. The lowest BCUT2D eigenvalue weighted by molar-refractivity contribution is -0.139. The Hall–Kier alpha value is -3.52. The SMILES string of the molecule is CCOC(=O)C1=C(C)N=c2s/c(=C\c3ccc(OC)cc3)c(=O)n2C1c1ccccc1F. The number of benzene rings is 2. The smallest absolute Gasteiger partial charge is 0.338 e. The number of thiazole rings is 1. The standard InChI is InChI=1S/C24H21FN2O4S/c1-4-31-23(29)20-14(2)26-24-27(21(20)17-7-5-6-8-18(17)25)22(28)19(32-24)13-15-9-11-16(30-3)12-10-15/h5-13,21H,4H2,1-3H3/b19-13-. The first kappa shape index (κ1) is 21.7. The molecule has 4 rings (SSSR count). The van der Waals surface area contributed by atoms with E-state index in [4.69, 9.17) is 9.47 Å². The molecule has 1 unspecified atom stereocenters. The number of esters is 1. The lowest BCUT2D eigenvalue weighted by Crippen LogP contribution is -2.40. The number of allylic oxidation sites excluding steroid dienone is 1. The van der Waals surface area contributed by atoms with E-state index in [9.17, 15) is 14.0 Å². The minimum absolute atomic E-state index is 0.153. The van der Waals surface area contributed by atoms with Crippen LogP contribution < -0.4 is 19.6 Å². The van der Waals surface area contributed by atoms with Gasteiger partial charge in [0.15, 0.2) is 4.80 Å². The van der Waals surface area contributed by atoms with E-state index in [1.165, 1.54) is 22.0 Å². The number of aromatic nitrogens is 1. The second kappa shape index (κ2) is 8.92. The maximum Gasteiger partial charge on any atom is 0.338 e. The topological polar surface area (TPSA) is 69.9 Å². The van der Waals surface area contributed by atoms with Crippen LogP contribution in [0.4, 0.5) is 4.39 Å². The third kappa shape index (κ3) is 3.89. The van der Waals surface area contributed by atoms with Gasteiger partial charge in [-0.05, 0) is 43.7 Å². The fourth-order valence-corrected chi connectivity index (χ4v) is 4.68. The van der Waals surface area contributed by atoms with Crippen LogP contribution in [0.15, 0.2) is 69.6 Å². The number of rotatable bonds is 5. The van der Waals surface area contributed by atoms with Gasteiger partial charge in [-0.1, -0.05) is 41.7 Å². The highest BCUT2D eigenvalue weighted by Gasteiger charge is 2.34. The minimum atomic E-state index is -0.968. The Kier molecular flexibility index (Phi) is 6.05. The molecule has 1 atom stereocenters. The predicted molar refractivity (Wildman–Crippen MR) is 120 cm³/mol. The van der Waals surface area contributed by atoms with Crippen molar-refractivity contribution in [3.05, 3.63) is 96.4 Å². The molecule has 0 bridgehead atoms. The van der Waals surface area contributed by atoms with Crippen molar-refractivity contribution in [2.75, 3.05) is 13.7 Å². The first-order valence-electron chi connectivity index (χ1n) is 10.0. The summed E-state index contributed by atoms with van der Waals surface area (Å²) in [4.78, 5) is 31.1. The zero-order valence-electron chi connectivity index (χ0n) is 17.8. The summed E-state index contributed by atoms with van der Waals surface area (Å²) in [5.74, 6) is -0.428. The second-order valence-corrected chi connectivity index (χ2v) is 8.11. The van der Waals surface area contributed by atoms with E-state index in [0.29, 0.717) is 20.8 Å². The summed E-state index contributed by atoms with van der Waals surface area (Å²) in [6.45, 7) is 3.51. The molecular weight excluding hydrogens is 431 g/mol. The Labute approximate surface area is 187 Å². The molecule has 8 heteroatoms. The summed E-state index contributed by atoms with van der Waals surface area (Å²) in [5.41, 5.74) is 1.21. The maximum absolute atomic E-state index is 14.8. The summed E-state index contributed by atoms with van der Waals surface area (Å²) in [5, 5.41) is 0. The number of carbonyl (C=O) groups is 1. The van der Waals surface area contributed by atoms with E-state index >= 15 is 0 Å². The molecule has 2 aromatic carbocycles. The molecule has 0 saturated heterocycles. The van der Waals surface area contributed by atoms with Crippen molar-refractivity contribution in [2.24, 2.45) is 4.99 Å². The average Bonchev–Trinajstić information content (AvgIpc) is 3.08. The molecule has 0 saturated carbocycles. The summed E-state index contributed by atoms with van der Waals surface area (Å²) in [7, 11) is 1.58. The van der Waals surface area contributed by atoms with Crippen molar-refractivity contribution in [3.63, 3.8) is 0 Å². The number of halogens is 1. The number of ether oxygens (including phenoxy) is 2. The van der Waals surface area contributed by atoms with E-state index < -0.39 is 17.8 Å². The Bertz CT molecular complexity index is 1390. The van der Waals surface area contributed by atoms with Crippen molar-refractivity contribution < 1.29 is 18.7 Å². The van der Waals surface area contributed by atoms with Gasteiger partial charge in [-0.2, -0.15) is 0 Å². The van der Waals surface area contributed by atoms with Crippen LogP contribution in [-0.4, -0.2) is 24.3 Å². The molecule has 0 spiro atoms. The van der Waals surface area contributed by atoms with Gasteiger partial charge in [0.1, 0.15) is 17.6 Å². The molecule has 164 valence electrons. The van der Waals surface area contributed by atoms with Crippen LogP contribution >= 0.6 is 11.3 Å². The Balaban J connectivity index is 1.94. The highest BCUT2D eigenvalue weighted by molar-refractivity contribution is 7.07. The van der Waals surface area contributed by atoms with Crippen LogP contribution in [0.2, 0.25) is 0 Å². The van der Waals surface area contributed by atoms with Gasteiger partial charge in [0.2, 0.25) is 0 Å². The summed E-state index contributed by atoms with van der Waals surface area (Å²) >= 11 is 1.19. The number of hydrogen-bond donors (Lipinski definition) is 0. The van der Waals surface area contributed by atoms with Crippen LogP contribution in [-0.2, 0) is 9.53 Å². The quantitative estimate of drug-likeness (QED) is 0.558. The molecule has 0 N–H and O–H groups in total. The summed E-state index contributed by atoms with van der Waals surface area (Å²) in [6.07, 6.45) is 1.74. The van der Waals surface area contributed by atoms with Crippen molar-refractivity contribution in [3.8, 4) is 5.75 Å². The van der Waals surface area contributed by atoms with Crippen LogP contribution in [0.5, 0.6) is 5.75 Å². The molecule has 0 radical (unpaired) electrons. The normalized spacial score (nSPS) is 15.9. The molecule has 0 fully saturated rings. The van der Waals surface area contributed by atoms with E-state index in [0.717, 1.165) is 5.56 Å². The Morgan fingerprint density at radius 1 is 1.22 bits per heavy atom. The molecule has 0 aliphatic carbocycles. The van der Waals surface area contributed by atoms with Crippen LogP contribution in [0.1, 0.15) is 31.0 Å². The molecule has 3 aromatic rings. The summed E-state index contributed by atoms with van der Waals surface area (Å²) in [6, 6.07) is 12.4. The van der Waals surface area contributed by atoms with Gasteiger partial charge in [-0.3, -0.25) is 9.36 Å². The molecule has 2 heterocycles. The predicted octanol–water partition coefficient (Wildman–Crippen LogP) is 2.95. The first-order valence-corrected chi connectivity index (χ1v) is 10.8. The molecule has 6 nitrogen and oxygen atoms in total. The number of carbonyl (C=O) groups excluding carboxylic acids is 1. The van der Waals surface area contributed by atoms with E-state index in [-0.39, 0.29) is 23.3 Å². The van der Waals surface area contributed by atoms with Crippen molar-refractivity contribution in [1.29, 1.82) is 0 Å². The molecule has 0 amide bonds. The third-order valence-corrected chi connectivity index (χ3v) is 6.11. The lowest BCUT2D eigenvalue weighted by Gasteiger charge is -2.24. The Morgan fingerprint density at radius 2 is 1.94 bits per heavy atom. The summed E-state index contributed by atoms with van der Waals surface area (Å²) < 4.78 is 27.0. The second-order valence-electron chi connectivity index (χ2n) is 7.10. The van der Waals surface area contributed by atoms with Crippen LogP contribution in [0.25, 0.3) is 6.08 Å². The Morgan fingerprint density at radius 3 is 2.59 bits per heavy atom. The number of methoxy groups -OCH3 is 1. The average molecular weight is 453 g/mol.